The number of carbonyl (C=O) groups is 2. The van der Waals surface area contributed by atoms with E-state index in [0.717, 1.165) is 43.3 Å². The Balaban J connectivity index is 1.88. The van der Waals surface area contributed by atoms with Gasteiger partial charge in [0.1, 0.15) is 0 Å². The van der Waals surface area contributed by atoms with Gasteiger partial charge in [-0.1, -0.05) is 13.0 Å². The van der Waals surface area contributed by atoms with Crippen LogP contribution in [-0.4, -0.2) is 35.1 Å². The van der Waals surface area contributed by atoms with Crippen LogP contribution in [0.4, 0.5) is 17.1 Å². The minimum Gasteiger partial charge on any atom is -0.478 e. The number of rotatable bonds is 5. The topological polar surface area (TPSA) is 89.8 Å². The van der Waals surface area contributed by atoms with Crippen LogP contribution < -0.4 is 10.2 Å². The van der Waals surface area contributed by atoms with E-state index in [1.165, 1.54) is 18.3 Å². The lowest BCUT2D eigenvalue weighted by molar-refractivity contribution is -0.131. The predicted octanol–water partition coefficient (Wildman–Crippen LogP) is 4.15. The van der Waals surface area contributed by atoms with Gasteiger partial charge in [-0.25, -0.2) is 9.64 Å². The van der Waals surface area contributed by atoms with Crippen LogP contribution in [0, 0.1) is 12.5 Å². The van der Waals surface area contributed by atoms with Gasteiger partial charge in [-0.05, 0) is 48.6 Å². The van der Waals surface area contributed by atoms with Crippen LogP contribution in [0.2, 0.25) is 0 Å². The van der Waals surface area contributed by atoms with Crippen LogP contribution in [0.1, 0.15) is 35.8 Å². The van der Waals surface area contributed by atoms with Crippen LogP contribution in [0.5, 0.6) is 0 Å². The van der Waals surface area contributed by atoms with Crippen molar-refractivity contribution in [3.05, 3.63) is 59.2 Å². The van der Waals surface area contributed by atoms with Crippen molar-refractivity contribution in [2.24, 2.45) is 5.92 Å². The monoisotopic (exact) mass is 378 g/mol. The molecule has 144 valence electrons. The number of nitrogens with zero attached hydrogens (tertiary/aromatic N) is 2. The maximum atomic E-state index is 12.6. The van der Waals surface area contributed by atoms with Crippen LogP contribution in [0.3, 0.4) is 0 Å². The molecule has 1 fully saturated rings. The molecule has 2 aromatic rings. The Kier molecular flexibility index (Phi) is 5.80. The van der Waals surface area contributed by atoms with Crippen molar-refractivity contribution in [3.8, 4) is 0 Å². The van der Waals surface area contributed by atoms with E-state index in [4.69, 9.17) is 11.7 Å². The molecule has 28 heavy (non-hydrogen) atoms. The highest BCUT2D eigenvalue weighted by atomic mass is 16.4. The van der Waals surface area contributed by atoms with Crippen molar-refractivity contribution in [1.82, 2.24) is 4.98 Å². The van der Waals surface area contributed by atoms with E-state index in [9.17, 15) is 9.59 Å². The fraction of sp³-hybridized carbons (Fsp3) is 0.286. The summed E-state index contributed by atoms with van der Waals surface area (Å²) in [6.07, 6.45) is 6.26. The molecule has 0 unspecified atom stereocenters. The van der Waals surface area contributed by atoms with Crippen LogP contribution in [-0.2, 0) is 4.79 Å². The molecule has 3 N–H and O–H groups in total. The Morgan fingerprint density at radius 3 is 2.71 bits per heavy atom. The van der Waals surface area contributed by atoms with Crippen molar-refractivity contribution < 1.29 is 14.7 Å². The van der Waals surface area contributed by atoms with Gasteiger partial charge in [0.2, 0.25) is 5.69 Å². The molecule has 2 heterocycles. The summed E-state index contributed by atoms with van der Waals surface area (Å²) in [5, 5.41) is 11.8. The van der Waals surface area contributed by atoms with Gasteiger partial charge in [0.15, 0.2) is 0 Å². The fourth-order valence-electron chi connectivity index (χ4n) is 3.20. The zero-order valence-corrected chi connectivity index (χ0v) is 15.6. The Hall–Kier alpha value is -3.53. The minimum atomic E-state index is -1.01. The number of nitrogens with one attached hydrogen (secondary N) is 2. The Morgan fingerprint density at radius 2 is 2.07 bits per heavy atom. The lowest BCUT2D eigenvalue weighted by Crippen LogP contribution is -2.33. The highest BCUT2D eigenvalue weighted by Crippen LogP contribution is 2.32. The van der Waals surface area contributed by atoms with E-state index in [1.807, 2.05) is 6.07 Å². The molecular weight excluding hydrogens is 356 g/mol. The van der Waals surface area contributed by atoms with Gasteiger partial charge >= 0.3 is 5.97 Å². The molecule has 1 aromatic heterocycles. The predicted molar refractivity (Wildman–Crippen MR) is 109 cm³/mol. The number of H-pyrrole nitrogens is 1. The average molecular weight is 378 g/mol. The number of hydrogen-bond acceptors (Lipinski definition) is 3. The molecule has 1 amide bonds. The Labute approximate surface area is 163 Å². The Morgan fingerprint density at radius 1 is 1.32 bits per heavy atom. The van der Waals surface area contributed by atoms with E-state index in [2.05, 4.69) is 27.0 Å². The third-order valence-corrected chi connectivity index (χ3v) is 4.85. The third-order valence-electron chi connectivity index (χ3n) is 4.85. The maximum Gasteiger partial charge on any atom is 0.328 e. The van der Waals surface area contributed by atoms with Crippen molar-refractivity contribution >= 4 is 35.0 Å². The number of carboxylic acids is 1. The highest BCUT2D eigenvalue weighted by Gasteiger charge is 2.20. The SMILES string of the molecule is [C-]#[N+]c1c[nH]c(C(=O)Nc2ccc(C=CC(=O)O)cc2N2CCC(C)CC2)c1. The van der Waals surface area contributed by atoms with Crippen molar-refractivity contribution in [3.63, 3.8) is 0 Å². The summed E-state index contributed by atoms with van der Waals surface area (Å²) >= 11 is 0. The molecular formula is C21H22N4O3. The van der Waals surface area contributed by atoms with Gasteiger partial charge in [0.05, 0.1) is 23.6 Å². The van der Waals surface area contributed by atoms with E-state index in [0.29, 0.717) is 23.0 Å². The summed E-state index contributed by atoms with van der Waals surface area (Å²) in [6, 6.07) is 6.95. The first-order valence-electron chi connectivity index (χ1n) is 9.13. The molecule has 0 spiro atoms. The van der Waals surface area contributed by atoms with E-state index in [-0.39, 0.29) is 5.91 Å². The van der Waals surface area contributed by atoms with Crippen molar-refractivity contribution in [2.45, 2.75) is 19.8 Å². The summed E-state index contributed by atoms with van der Waals surface area (Å²) in [6.45, 7) is 11.0. The van der Waals surface area contributed by atoms with Gasteiger partial charge in [0.25, 0.3) is 5.91 Å². The van der Waals surface area contributed by atoms with Gasteiger partial charge in [0, 0.05) is 25.4 Å². The van der Waals surface area contributed by atoms with Crippen LogP contribution in [0.15, 0.2) is 36.5 Å². The lowest BCUT2D eigenvalue weighted by Gasteiger charge is -2.33. The summed E-state index contributed by atoms with van der Waals surface area (Å²) in [5.74, 6) is -0.668. The molecule has 0 bridgehead atoms. The fourth-order valence-corrected chi connectivity index (χ4v) is 3.20. The standard InChI is InChI=1S/C21H22N4O3/c1-14-7-9-25(10-8-14)19-11-15(4-6-20(26)27)3-5-17(19)24-21(28)18-12-16(22-2)13-23-18/h3-6,11-14,23H,7-10H2,1H3,(H,24,28)(H,26,27). The smallest absolute Gasteiger partial charge is 0.328 e. The molecule has 0 radical (unpaired) electrons. The zero-order chi connectivity index (χ0) is 20.1. The maximum absolute atomic E-state index is 12.6. The molecule has 1 aromatic carbocycles. The number of anilines is 2. The zero-order valence-electron chi connectivity index (χ0n) is 15.6. The summed E-state index contributed by atoms with van der Waals surface area (Å²) in [7, 11) is 0. The number of hydrogen-bond donors (Lipinski definition) is 3. The van der Waals surface area contributed by atoms with E-state index >= 15 is 0 Å². The minimum absolute atomic E-state index is 0.319. The number of aromatic amines is 1. The second kappa shape index (κ2) is 8.44. The van der Waals surface area contributed by atoms with E-state index < -0.39 is 5.97 Å². The highest BCUT2D eigenvalue weighted by molar-refractivity contribution is 6.05. The van der Waals surface area contributed by atoms with Crippen LogP contribution >= 0.6 is 0 Å². The second-order valence-electron chi connectivity index (χ2n) is 6.96. The molecule has 7 heteroatoms. The van der Waals surface area contributed by atoms with Gasteiger partial charge in [-0.15, -0.1) is 0 Å². The number of carbonyl (C=O) groups excluding carboxylic acids is 1. The quantitative estimate of drug-likeness (QED) is 0.538. The Bertz CT molecular complexity index is 947. The molecule has 1 aliphatic heterocycles. The molecule has 0 aliphatic carbocycles. The average Bonchev–Trinajstić information content (AvgIpc) is 3.17. The van der Waals surface area contributed by atoms with Gasteiger partial charge < -0.3 is 20.3 Å². The normalized spacial score (nSPS) is 14.8. The number of carboxylic acid groups (broad SMARTS) is 1. The number of amides is 1. The molecule has 7 nitrogen and oxygen atoms in total. The van der Waals surface area contributed by atoms with Crippen LogP contribution in [0.25, 0.3) is 10.9 Å². The molecule has 1 saturated heterocycles. The molecule has 0 atom stereocenters. The van der Waals surface area contributed by atoms with Gasteiger partial charge in [-0.3, -0.25) is 4.79 Å². The third kappa shape index (κ3) is 4.60. The van der Waals surface area contributed by atoms with Crippen molar-refractivity contribution in [2.75, 3.05) is 23.3 Å². The van der Waals surface area contributed by atoms with Gasteiger partial charge in [-0.2, -0.15) is 0 Å². The largest absolute Gasteiger partial charge is 0.478 e. The number of benzene rings is 1. The molecule has 1 aliphatic rings. The second-order valence-corrected chi connectivity index (χ2v) is 6.96. The first kappa shape index (κ1) is 19.2. The first-order chi connectivity index (χ1) is 13.5. The number of aliphatic carboxylic acids is 1. The molecule has 0 saturated carbocycles. The first-order valence-corrected chi connectivity index (χ1v) is 9.13. The van der Waals surface area contributed by atoms with Crippen molar-refractivity contribution in [1.29, 1.82) is 0 Å². The van der Waals surface area contributed by atoms with E-state index in [1.54, 1.807) is 12.1 Å². The summed E-state index contributed by atoms with van der Waals surface area (Å²) in [5.41, 5.74) is 2.98. The summed E-state index contributed by atoms with van der Waals surface area (Å²) < 4.78 is 0. The number of piperidine rings is 1. The molecule has 3 rings (SSSR count). The summed E-state index contributed by atoms with van der Waals surface area (Å²) in [4.78, 5) is 31.7. The lowest BCUT2D eigenvalue weighted by atomic mass is 9.98. The number of aromatic nitrogens is 1.